The summed E-state index contributed by atoms with van der Waals surface area (Å²) in [5.74, 6) is 0.170. The Hall–Kier alpha value is -0.880. The lowest BCUT2D eigenvalue weighted by Crippen LogP contribution is -2.29. The van der Waals surface area contributed by atoms with Crippen molar-refractivity contribution in [1.82, 2.24) is 14.9 Å². The Bertz CT molecular complexity index is 461. The van der Waals surface area contributed by atoms with Crippen LogP contribution >= 0.6 is 0 Å². The highest BCUT2D eigenvalue weighted by molar-refractivity contribution is 7.90. The first-order valence-electron chi connectivity index (χ1n) is 5.97. The van der Waals surface area contributed by atoms with E-state index in [1.807, 2.05) is 10.8 Å². The van der Waals surface area contributed by atoms with Gasteiger partial charge in [-0.3, -0.25) is 0 Å². The predicted molar refractivity (Wildman–Crippen MR) is 66.5 cm³/mol. The Morgan fingerprint density at radius 1 is 1.53 bits per heavy atom. The summed E-state index contributed by atoms with van der Waals surface area (Å²) in [6.07, 6.45) is 8.36. The van der Waals surface area contributed by atoms with E-state index in [4.69, 9.17) is 0 Å². The second-order valence-electron chi connectivity index (χ2n) is 4.64. The normalized spacial score (nSPS) is 21.6. The highest BCUT2D eigenvalue weighted by Crippen LogP contribution is 2.22. The maximum absolute atomic E-state index is 11.2. The van der Waals surface area contributed by atoms with Gasteiger partial charge in [-0.25, -0.2) is 13.4 Å². The van der Waals surface area contributed by atoms with Gasteiger partial charge < -0.3 is 9.88 Å². The van der Waals surface area contributed by atoms with Crippen molar-refractivity contribution in [1.29, 1.82) is 0 Å². The van der Waals surface area contributed by atoms with Gasteiger partial charge in [-0.1, -0.05) is 6.42 Å². The average Bonchev–Trinajstić information content (AvgIpc) is 2.75. The molecular formula is C11H19N3O2S. The van der Waals surface area contributed by atoms with E-state index in [0.717, 1.165) is 18.7 Å². The molecule has 1 aromatic rings. The second kappa shape index (κ2) is 5.18. The zero-order chi connectivity index (χ0) is 12.3. The maximum atomic E-state index is 11.2. The van der Waals surface area contributed by atoms with E-state index >= 15 is 0 Å². The topological polar surface area (TPSA) is 64.0 Å². The fourth-order valence-corrected chi connectivity index (χ4v) is 2.70. The van der Waals surface area contributed by atoms with E-state index in [2.05, 4.69) is 10.3 Å². The third-order valence-corrected chi connectivity index (χ3v) is 4.04. The van der Waals surface area contributed by atoms with E-state index in [1.54, 1.807) is 6.33 Å². The Labute approximate surface area is 102 Å². The van der Waals surface area contributed by atoms with Crippen LogP contribution in [0.2, 0.25) is 0 Å². The third-order valence-electron chi connectivity index (χ3n) is 3.11. The zero-order valence-electron chi connectivity index (χ0n) is 10.1. The Morgan fingerprint density at radius 2 is 2.35 bits per heavy atom. The highest BCUT2D eigenvalue weighted by atomic mass is 32.2. The third kappa shape index (κ3) is 3.54. The molecule has 6 heteroatoms. The van der Waals surface area contributed by atoms with Gasteiger partial charge in [0, 0.05) is 25.0 Å². The largest absolute Gasteiger partial charge is 0.332 e. The molecule has 1 aliphatic rings. The summed E-state index contributed by atoms with van der Waals surface area (Å²) in [7, 11) is -2.92. The van der Waals surface area contributed by atoms with Crippen LogP contribution in [0.25, 0.3) is 0 Å². The summed E-state index contributed by atoms with van der Waals surface area (Å²) in [6, 6.07) is 0.325. The quantitative estimate of drug-likeness (QED) is 0.864. The van der Waals surface area contributed by atoms with Crippen molar-refractivity contribution in [3.63, 3.8) is 0 Å². The summed E-state index contributed by atoms with van der Waals surface area (Å²) in [4.78, 5) is 4.13. The van der Waals surface area contributed by atoms with Crippen LogP contribution in [0.4, 0.5) is 0 Å². The van der Waals surface area contributed by atoms with Gasteiger partial charge >= 0.3 is 0 Å². The molecule has 0 radical (unpaired) electrons. The summed E-state index contributed by atoms with van der Waals surface area (Å²) in [5.41, 5.74) is 1.10. The molecule has 1 fully saturated rings. The van der Waals surface area contributed by atoms with Crippen molar-refractivity contribution in [3.8, 4) is 0 Å². The molecular weight excluding hydrogens is 238 g/mol. The number of hydrogen-bond acceptors (Lipinski definition) is 4. The number of hydrogen-bond donors (Lipinski definition) is 1. The van der Waals surface area contributed by atoms with E-state index in [-0.39, 0.29) is 5.75 Å². The number of aryl methyl sites for hydroxylation is 1. The van der Waals surface area contributed by atoms with Gasteiger partial charge in [-0.2, -0.15) is 0 Å². The molecule has 0 saturated carbocycles. The maximum Gasteiger partial charge on any atom is 0.149 e. The number of nitrogens with zero attached hydrogens (tertiary/aromatic N) is 2. The summed E-state index contributed by atoms with van der Waals surface area (Å²) < 4.78 is 24.3. The van der Waals surface area contributed by atoms with E-state index in [1.165, 1.54) is 19.1 Å². The zero-order valence-corrected chi connectivity index (χ0v) is 10.9. The molecule has 17 heavy (non-hydrogen) atoms. The number of nitrogens with one attached hydrogen (secondary N) is 1. The molecule has 5 nitrogen and oxygen atoms in total. The van der Waals surface area contributed by atoms with Crippen molar-refractivity contribution in [3.05, 3.63) is 18.2 Å². The molecule has 1 saturated heterocycles. The van der Waals surface area contributed by atoms with Crippen LogP contribution in [-0.2, 0) is 16.4 Å². The molecule has 1 unspecified atom stereocenters. The van der Waals surface area contributed by atoms with Crippen LogP contribution in [0.1, 0.15) is 31.0 Å². The minimum absolute atomic E-state index is 0.170. The van der Waals surface area contributed by atoms with E-state index in [9.17, 15) is 8.42 Å². The van der Waals surface area contributed by atoms with Gasteiger partial charge in [0.1, 0.15) is 9.84 Å². The van der Waals surface area contributed by atoms with Crippen LogP contribution in [0.3, 0.4) is 0 Å². The van der Waals surface area contributed by atoms with Gasteiger partial charge in [0.25, 0.3) is 0 Å². The Kier molecular flexibility index (Phi) is 3.83. The molecule has 1 N–H and O–H groups in total. The predicted octanol–water partition coefficient (Wildman–Crippen LogP) is 0.742. The van der Waals surface area contributed by atoms with Gasteiger partial charge in [0.15, 0.2) is 0 Å². The lowest BCUT2D eigenvalue weighted by molar-refractivity contribution is 0.394. The van der Waals surface area contributed by atoms with Crippen molar-refractivity contribution in [2.45, 2.75) is 31.8 Å². The van der Waals surface area contributed by atoms with E-state index < -0.39 is 9.84 Å². The van der Waals surface area contributed by atoms with Crippen LogP contribution < -0.4 is 5.32 Å². The summed E-state index contributed by atoms with van der Waals surface area (Å²) >= 11 is 0. The summed E-state index contributed by atoms with van der Waals surface area (Å²) in [6.45, 7) is 1.52. The van der Waals surface area contributed by atoms with Gasteiger partial charge in [0.2, 0.25) is 0 Å². The van der Waals surface area contributed by atoms with Crippen LogP contribution in [0, 0.1) is 0 Å². The molecule has 0 aliphatic carbocycles. The number of imidazole rings is 1. The fraction of sp³-hybridized carbons (Fsp3) is 0.727. The standard InChI is InChI=1S/C11H19N3O2S/c1-17(15,16)7-6-14-9-12-8-11(14)10-4-2-3-5-13-10/h8-10,13H,2-7H2,1H3. The van der Waals surface area contributed by atoms with Crippen LogP contribution in [0.5, 0.6) is 0 Å². The molecule has 0 aromatic carbocycles. The van der Waals surface area contributed by atoms with E-state index in [0.29, 0.717) is 12.6 Å². The lowest BCUT2D eigenvalue weighted by Gasteiger charge is -2.24. The molecule has 96 valence electrons. The number of rotatable bonds is 4. The molecule has 0 spiro atoms. The minimum atomic E-state index is -2.92. The number of aromatic nitrogens is 2. The SMILES string of the molecule is CS(=O)(=O)CCn1cncc1C1CCCCN1. The molecule has 1 aliphatic heterocycles. The van der Waals surface area contributed by atoms with Crippen LogP contribution in [-0.4, -0.2) is 36.5 Å². The monoisotopic (exact) mass is 257 g/mol. The van der Waals surface area contributed by atoms with Crippen molar-refractivity contribution in [2.24, 2.45) is 0 Å². The molecule has 1 aromatic heterocycles. The Balaban J connectivity index is 2.05. The first-order valence-corrected chi connectivity index (χ1v) is 8.03. The van der Waals surface area contributed by atoms with Crippen molar-refractivity contribution < 1.29 is 8.42 Å². The molecule has 0 amide bonds. The number of piperidine rings is 1. The lowest BCUT2D eigenvalue weighted by atomic mass is 10.0. The van der Waals surface area contributed by atoms with Gasteiger partial charge in [-0.15, -0.1) is 0 Å². The Morgan fingerprint density at radius 3 is 3.00 bits per heavy atom. The van der Waals surface area contributed by atoms with Crippen molar-refractivity contribution in [2.75, 3.05) is 18.6 Å². The van der Waals surface area contributed by atoms with Crippen LogP contribution in [0.15, 0.2) is 12.5 Å². The number of sulfone groups is 1. The molecule has 2 rings (SSSR count). The molecule has 1 atom stereocenters. The smallest absolute Gasteiger partial charge is 0.149 e. The molecule has 0 bridgehead atoms. The first kappa shape index (κ1) is 12.6. The molecule has 2 heterocycles. The second-order valence-corrected chi connectivity index (χ2v) is 6.90. The average molecular weight is 257 g/mol. The first-order chi connectivity index (χ1) is 8.06. The minimum Gasteiger partial charge on any atom is -0.332 e. The van der Waals surface area contributed by atoms with Gasteiger partial charge in [-0.05, 0) is 19.4 Å². The van der Waals surface area contributed by atoms with Crippen molar-refractivity contribution >= 4 is 9.84 Å². The highest BCUT2D eigenvalue weighted by Gasteiger charge is 2.18. The fourth-order valence-electron chi connectivity index (χ4n) is 2.18. The summed E-state index contributed by atoms with van der Waals surface area (Å²) in [5, 5.41) is 3.45. The van der Waals surface area contributed by atoms with Gasteiger partial charge in [0.05, 0.1) is 17.8 Å².